The highest BCUT2D eigenvalue weighted by Crippen LogP contribution is 2.18. The van der Waals surface area contributed by atoms with Crippen molar-refractivity contribution in [2.24, 2.45) is 0 Å². The number of carbonyl (C=O) groups is 1. The number of halogens is 1. The van der Waals surface area contributed by atoms with Crippen LogP contribution in [0.1, 0.15) is 24.3 Å². The van der Waals surface area contributed by atoms with Gasteiger partial charge in [-0.1, -0.05) is 11.6 Å². The highest BCUT2D eigenvalue weighted by molar-refractivity contribution is 6.30. The van der Waals surface area contributed by atoms with Gasteiger partial charge in [-0.05, 0) is 19.9 Å². The van der Waals surface area contributed by atoms with E-state index in [9.17, 15) is 4.79 Å². The number of nitrogens with zero attached hydrogens (tertiary/aromatic N) is 1. The van der Waals surface area contributed by atoms with Crippen LogP contribution in [0.4, 0.5) is 0 Å². The van der Waals surface area contributed by atoms with Crippen LogP contribution in [0.2, 0.25) is 5.02 Å². The maximum Gasteiger partial charge on any atom is 0.352 e. The van der Waals surface area contributed by atoms with Crippen LogP contribution in [0.25, 0.3) is 0 Å². The van der Waals surface area contributed by atoms with Gasteiger partial charge in [0, 0.05) is 13.3 Å². The molecular weight excluding hydrogens is 218 g/mol. The number of rotatable bonds is 4. The summed E-state index contributed by atoms with van der Waals surface area (Å²) >= 11 is 5.76. The number of hydrogen-bond acceptors (Lipinski definition) is 2. The average molecular weight is 232 g/mol. The zero-order valence-corrected chi connectivity index (χ0v) is 9.71. The molecule has 0 fully saturated rings. The second-order valence-corrected chi connectivity index (χ2v) is 4.38. The van der Waals surface area contributed by atoms with E-state index in [0.29, 0.717) is 11.6 Å². The van der Waals surface area contributed by atoms with E-state index < -0.39 is 11.6 Å². The smallest absolute Gasteiger partial charge is 0.352 e. The number of ether oxygens (including phenoxy) is 1. The Labute approximate surface area is 93.4 Å². The molecule has 5 heteroatoms. The normalized spacial score (nSPS) is 11.7. The molecule has 0 bridgehead atoms. The molecule has 15 heavy (non-hydrogen) atoms. The minimum Gasteiger partial charge on any atom is -0.477 e. The molecule has 1 rings (SSSR count). The fourth-order valence-corrected chi connectivity index (χ4v) is 1.48. The van der Waals surface area contributed by atoms with E-state index >= 15 is 0 Å². The first kappa shape index (κ1) is 12.1. The zero-order chi connectivity index (χ0) is 11.6. The Morgan fingerprint density at radius 2 is 2.27 bits per heavy atom. The summed E-state index contributed by atoms with van der Waals surface area (Å²) in [6, 6.07) is 1.43. The van der Waals surface area contributed by atoms with Crippen molar-refractivity contribution in [3.63, 3.8) is 0 Å². The number of carboxylic acids is 1. The van der Waals surface area contributed by atoms with E-state index in [1.54, 1.807) is 17.9 Å². The molecule has 0 amide bonds. The highest BCUT2D eigenvalue weighted by atomic mass is 35.5. The van der Waals surface area contributed by atoms with Crippen LogP contribution in [-0.2, 0) is 11.3 Å². The summed E-state index contributed by atoms with van der Waals surface area (Å²) in [4.78, 5) is 10.9. The van der Waals surface area contributed by atoms with Gasteiger partial charge in [-0.15, -0.1) is 0 Å². The van der Waals surface area contributed by atoms with Gasteiger partial charge in [-0.25, -0.2) is 4.79 Å². The Hall–Kier alpha value is -1.00. The average Bonchev–Trinajstić information content (AvgIpc) is 2.46. The number of hydrogen-bond donors (Lipinski definition) is 1. The lowest BCUT2D eigenvalue weighted by Crippen LogP contribution is -2.30. The first-order valence-corrected chi connectivity index (χ1v) is 4.87. The van der Waals surface area contributed by atoms with Crippen LogP contribution in [0.5, 0.6) is 0 Å². The minimum absolute atomic E-state index is 0.171. The maximum absolute atomic E-state index is 10.9. The molecule has 0 aliphatic carbocycles. The molecule has 0 aliphatic rings. The molecule has 0 saturated heterocycles. The van der Waals surface area contributed by atoms with Gasteiger partial charge in [0.05, 0.1) is 17.2 Å². The molecule has 4 nitrogen and oxygen atoms in total. The first-order chi connectivity index (χ1) is 6.85. The minimum atomic E-state index is -0.992. The monoisotopic (exact) mass is 231 g/mol. The molecule has 0 saturated carbocycles. The summed E-state index contributed by atoms with van der Waals surface area (Å²) in [5, 5.41) is 9.34. The van der Waals surface area contributed by atoms with E-state index in [1.165, 1.54) is 6.07 Å². The molecule has 0 spiro atoms. The van der Waals surface area contributed by atoms with Crippen LogP contribution < -0.4 is 0 Å². The van der Waals surface area contributed by atoms with Crippen molar-refractivity contribution in [2.75, 3.05) is 7.11 Å². The van der Waals surface area contributed by atoms with E-state index in [4.69, 9.17) is 21.4 Å². The fourth-order valence-electron chi connectivity index (χ4n) is 1.26. The van der Waals surface area contributed by atoms with Crippen molar-refractivity contribution in [2.45, 2.75) is 26.0 Å². The van der Waals surface area contributed by atoms with Gasteiger partial charge < -0.3 is 14.4 Å². The van der Waals surface area contributed by atoms with Crippen LogP contribution in [0.3, 0.4) is 0 Å². The predicted molar refractivity (Wildman–Crippen MR) is 57.5 cm³/mol. The summed E-state index contributed by atoms with van der Waals surface area (Å²) in [5.41, 5.74) is -0.253. The van der Waals surface area contributed by atoms with Crippen LogP contribution >= 0.6 is 11.6 Å². The van der Waals surface area contributed by atoms with E-state index in [1.807, 2.05) is 13.8 Å². The Balaban J connectivity index is 2.99. The topological polar surface area (TPSA) is 51.5 Å². The van der Waals surface area contributed by atoms with Crippen molar-refractivity contribution >= 4 is 17.6 Å². The molecule has 1 heterocycles. The quantitative estimate of drug-likeness (QED) is 0.865. The highest BCUT2D eigenvalue weighted by Gasteiger charge is 2.21. The number of aromatic nitrogens is 1. The van der Waals surface area contributed by atoms with E-state index in [2.05, 4.69) is 0 Å². The van der Waals surface area contributed by atoms with Crippen LogP contribution in [0.15, 0.2) is 12.3 Å². The van der Waals surface area contributed by atoms with Gasteiger partial charge in [0.2, 0.25) is 0 Å². The summed E-state index contributed by atoms with van der Waals surface area (Å²) in [5.74, 6) is -0.992. The Kier molecular flexibility index (Phi) is 3.42. The van der Waals surface area contributed by atoms with Gasteiger partial charge in [0.25, 0.3) is 0 Å². The van der Waals surface area contributed by atoms with Gasteiger partial charge in [-0.3, -0.25) is 0 Å². The van der Waals surface area contributed by atoms with Crippen molar-refractivity contribution in [3.8, 4) is 0 Å². The molecule has 1 N–H and O–H groups in total. The number of methoxy groups -OCH3 is 1. The summed E-state index contributed by atoms with van der Waals surface area (Å²) in [6.45, 7) is 4.21. The first-order valence-electron chi connectivity index (χ1n) is 4.50. The lowest BCUT2D eigenvalue weighted by Gasteiger charge is -2.24. The van der Waals surface area contributed by atoms with E-state index in [-0.39, 0.29) is 5.69 Å². The summed E-state index contributed by atoms with van der Waals surface area (Å²) < 4.78 is 6.81. The van der Waals surface area contributed by atoms with Crippen LogP contribution in [-0.4, -0.2) is 28.4 Å². The summed E-state index contributed by atoms with van der Waals surface area (Å²) in [6.07, 6.45) is 1.59. The second-order valence-electron chi connectivity index (χ2n) is 3.94. The Morgan fingerprint density at radius 3 is 2.73 bits per heavy atom. The predicted octanol–water partition coefficient (Wildman–Crippen LogP) is 2.26. The Bertz CT molecular complexity index is 371. The van der Waals surface area contributed by atoms with Crippen LogP contribution in [0, 0.1) is 0 Å². The molecule has 0 atom stereocenters. The second kappa shape index (κ2) is 4.24. The lowest BCUT2D eigenvalue weighted by molar-refractivity contribution is 0.00742. The molecule has 0 radical (unpaired) electrons. The molecule has 0 aliphatic heterocycles. The van der Waals surface area contributed by atoms with Crippen molar-refractivity contribution < 1.29 is 14.6 Å². The zero-order valence-electron chi connectivity index (χ0n) is 8.95. The molecule has 1 aromatic rings. The maximum atomic E-state index is 10.9. The summed E-state index contributed by atoms with van der Waals surface area (Å²) in [7, 11) is 1.59. The Morgan fingerprint density at radius 1 is 1.67 bits per heavy atom. The number of aromatic carboxylic acids is 1. The largest absolute Gasteiger partial charge is 0.477 e. The van der Waals surface area contributed by atoms with E-state index in [0.717, 1.165) is 0 Å². The molecule has 1 aromatic heterocycles. The van der Waals surface area contributed by atoms with Gasteiger partial charge in [-0.2, -0.15) is 0 Å². The van der Waals surface area contributed by atoms with Gasteiger partial charge in [0.15, 0.2) is 0 Å². The lowest BCUT2D eigenvalue weighted by atomic mass is 10.1. The van der Waals surface area contributed by atoms with Crippen molar-refractivity contribution in [1.82, 2.24) is 4.57 Å². The van der Waals surface area contributed by atoms with Crippen molar-refractivity contribution in [3.05, 3.63) is 23.0 Å². The SMILES string of the molecule is COC(C)(C)Cn1cc(Cl)cc1C(=O)O. The molecule has 84 valence electrons. The third-order valence-corrected chi connectivity index (χ3v) is 2.39. The number of carboxylic acid groups (broad SMARTS) is 1. The van der Waals surface area contributed by atoms with Gasteiger partial charge >= 0.3 is 5.97 Å². The molecular formula is C10H14ClNO3. The standard InChI is InChI=1S/C10H14ClNO3/c1-10(2,15-3)6-12-5-7(11)4-8(12)9(13)14/h4-5H,6H2,1-3H3,(H,13,14). The van der Waals surface area contributed by atoms with Gasteiger partial charge in [0.1, 0.15) is 5.69 Å². The third kappa shape index (κ3) is 2.97. The van der Waals surface area contributed by atoms with Crippen molar-refractivity contribution in [1.29, 1.82) is 0 Å². The molecule has 0 unspecified atom stereocenters. The fraction of sp³-hybridized carbons (Fsp3) is 0.500. The molecule has 0 aromatic carbocycles. The third-order valence-electron chi connectivity index (χ3n) is 2.19.